The fourth-order valence-corrected chi connectivity index (χ4v) is 2.79. The molecule has 0 aromatic carbocycles. The summed E-state index contributed by atoms with van der Waals surface area (Å²) in [5, 5.41) is 4.48. The fraction of sp³-hybridized carbons (Fsp3) is 0.727. The highest BCUT2D eigenvalue weighted by atomic mass is 15.3. The van der Waals surface area contributed by atoms with Gasteiger partial charge in [0.15, 0.2) is 0 Å². The molecule has 0 bridgehead atoms. The molecule has 0 fully saturated rings. The van der Waals surface area contributed by atoms with Gasteiger partial charge in [0.05, 0.1) is 5.69 Å². The molecule has 1 heterocycles. The quantitative estimate of drug-likeness (QED) is 0.770. The van der Waals surface area contributed by atoms with Crippen molar-refractivity contribution in [3.05, 3.63) is 17.0 Å². The molecular formula is C11H19N3. The van der Waals surface area contributed by atoms with Crippen molar-refractivity contribution in [2.24, 2.45) is 18.7 Å². The Balaban J connectivity index is 2.39. The van der Waals surface area contributed by atoms with Gasteiger partial charge in [-0.25, -0.2) is 0 Å². The lowest BCUT2D eigenvalue weighted by Crippen LogP contribution is -2.11. The van der Waals surface area contributed by atoms with Crippen molar-refractivity contribution < 1.29 is 0 Å². The van der Waals surface area contributed by atoms with E-state index in [1.54, 1.807) is 0 Å². The third-order valence-electron chi connectivity index (χ3n) is 3.44. The molecule has 0 amide bonds. The Kier molecular flexibility index (Phi) is 2.35. The summed E-state index contributed by atoms with van der Waals surface area (Å²) in [6, 6.07) is 0. The van der Waals surface area contributed by atoms with Crippen LogP contribution in [0, 0.1) is 12.8 Å². The van der Waals surface area contributed by atoms with Crippen LogP contribution in [0.15, 0.2) is 0 Å². The molecule has 78 valence electrons. The van der Waals surface area contributed by atoms with Crippen molar-refractivity contribution in [3.63, 3.8) is 0 Å². The van der Waals surface area contributed by atoms with Crippen molar-refractivity contribution in [1.29, 1.82) is 0 Å². The van der Waals surface area contributed by atoms with E-state index in [4.69, 9.17) is 5.73 Å². The number of aryl methyl sites for hydroxylation is 2. The Hall–Kier alpha value is -0.830. The smallest absolute Gasteiger partial charge is 0.0631 e. The predicted molar refractivity (Wildman–Crippen MR) is 57.2 cm³/mol. The topological polar surface area (TPSA) is 43.8 Å². The number of nitrogens with two attached hydrogens (primary N) is 1. The standard InChI is InChI=1S/C11H19N3/c1-7-6-10-11(9(7)4-5-12)8(2)13-14(10)3/h7,9H,4-6,12H2,1-3H3. The molecule has 0 saturated carbocycles. The summed E-state index contributed by atoms with van der Waals surface area (Å²) in [7, 11) is 2.05. The van der Waals surface area contributed by atoms with E-state index >= 15 is 0 Å². The number of rotatable bonds is 2. The van der Waals surface area contributed by atoms with Crippen LogP contribution in [-0.4, -0.2) is 16.3 Å². The summed E-state index contributed by atoms with van der Waals surface area (Å²) < 4.78 is 2.04. The molecule has 1 aromatic heterocycles. The number of nitrogens with zero attached hydrogens (tertiary/aromatic N) is 2. The summed E-state index contributed by atoms with van der Waals surface area (Å²) in [6.07, 6.45) is 2.26. The highest BCUT2D eigenvalue weighted by Crippen LogP contribution is 2.40. The molecule has 3 nitrogen and oxygen atoms in total. The van der Waals surface area contributed by atoms with Crippen LogP contribution in [0.1, 0.15) is 36.2 Å². The van der Waals surface area contributed by atoms with Gasteiger partial charge in [0.1, 0.15) is 0 Å². The maximum absolute atomic E-state index is 5.66. The van der Waals surface area contributed by atoms with E-state index in [9.17, 15) is 0 Å². The van der Waals surface area contributed by atoms with E-state index in [-0.39, 0.29) is 0 Å². The second-order valence-electron chi connectivity index (χ2n) is 4.43. The van der Waals surface area contributed by atoms with Gasteiger partial charge in [-0.1, -0.05) is 6.92 Å². The fourth-order valence-electron chi connectivity index (χ4n) is 2.79. The Morgan fingerprint density at radius 2 is 2.29 bits per heavy atom. The third kappa shape index (κ3) is 1.27. The highest BCUT2D eigenvalue weighted by molar-refractivity contribution is 5.35. The molecule has 0 radical (unpaired) electrons. The Bertz CT molecular complexity index is 341. The second-order valence-corrected chi connectivity index (χ2v) is 4.43. The van der Waals surface area contributed by atoms with Crippen LogP contribution in [0.2, 0.25) is 0 Å². The van der Waals surface area contributed by atoms with Crippen molar-refractivity contribution in [1.82, 2.24) is 9.78 Å². The first-order valence-corrected chi connectivity index (χ1v) is 5.37. The van der Waals surface area contributed by atoms with Crippen LogP contribution in [0.5, 0.6) is 0 Å². The lowest BCUT2D eigenvalue weighted by molar-refractivity contribution is 0.464. The normalized spacial score (nSPS) is 25.4. The van der Waals surface area contributed by atoms with Crippen molar-refractivity contribution in [2.75, 3.05) is 6.54 Å². The molecule has 2 atom stereocenters. The van der Waals surface area contributed by atoms with E-state index in [2.05, 4.69) is 18.9 Å². The summed E-state index contributed by atoms with van der Waals surface area (Å²) in [6.45, 7) is 5.21. The van der Waals surface area contributed by atoms with Crippen LogP contribution in [0.4, 0.5) is 0 Å². The van der Waals surface area contributed by atoms with E-state index in [0.29, 0.717) is 5.92 Å². The van der Waals surface area contributed by atoms with Crippen LogP contribution >= 0.6 is 0 Å². The average Bonchev–Trinajstić information content (AvgIpc) is 2.56. The van der Waals surface area contributed by atoms with Crippen LogP contribution < -0.4 is 5.73 Å². The lowest BCUT2D eigenvalue weighted by Gasteiger charge is -2.15. The first kappa shape index (κ1) is 9.71. The van der Waals surface area contributed by atoms with Gasteiger partial charge in [-0.2, -0.15) is 5.10 Å². The largest absolute Gasteiger partial charge is 0.330 e. The van der Waals surface area contributed by atoms with E-state index in [1.165, 1.54) is 17.0 Å². The van der Waals surface area contributed by atoms with Gasteiger partial charge in [-0.3, -0.25) is 4.68 Å². The summed E-state index contributed by atoms with van der Waals surface area (Å²) in [5.41, 5.74) is 9.76. The Labute approximate surface area is 85.3 Å². The van der Waals surface area contributed by atoms with Gasteiger partial charge in [-0.15, -0.1) is 0 Å². The molecule has 1 aliphatic carbocycles. The Morgan fingerprint density at radius 3 is 2.93 bits per heavy atom. The molecule has 2 unspecified atom stereocenters. The molecule has 2 N–H and O–H groups in total. The van der Waals surface area contributed by atoms with Crippen molar-refractivity contribution in [2.45, 2.75) is 32.6 Å². The van der Waals surface area contributed by atoms with Crippen LogP contribution in [-0.2, 0) is 13.5 Å². The number of aromatic nitrogens is 2. The van der Waals surface area contributed by atoms with Crippen molar-refractivity contribution in [3.8, 4) is 0 Å². The summed E-state index contributed by atoms with van der Waals surface area (Å²) in [4.78, 5) is 0. The molecule has 1 aliphatic rings. The predicted octanol–water partition coefficient (Wildman–Crippen LogP) is 1.35. The Morgan fingerprint density at radius 1 is 1.57 bits per heavy atom. The van der Waals surface area contributed by atoms with Gasteiger partial charge in [0.2, 0.25) is 0 Å². The van der Waals surface area contributed by atoms with Gasteiger partial charge in [0, 0.05) is 12.7 Å². The van der Waals surface area contributed by atoms with E-state index < -0.39 is 0 Å². The first-order chi connectivity index (χ1) is 6.65. The third-order valence-corrected chi connectivity index (χ3v) is 3.44. The van der Waals surface area contributed by atoms with Gasteiger partial charge in [-0.05, 0) is 43.7 Å². The molecule has 3 heteroatoms. The molecule has 2 rings (SSSR count). The minimum Gasteiger partial charge on any atom is -0.330 e. The number of hydrogen-bond donors (Lipinski definition) is 1. The minimum atomic E-state index is 0.642. The minimum absolute atomic E-state index is 0.642. The van der Waals surface area contributed by atoms with Crippen LogP contribution in [0.3, 0.4) is 0 Å². The summed E-state index contributed by atoms with van der Waals surface area (Å²) in [5.74, 6) is 1.38. The van der Waals surface area contributed by atoms with Gasteiger partial charge >= 0.3 is 0 Å². The number of fused-ring (bicyclic) bond motifs is 1. The molecule has 1 aromatic rings. The monoisotopic (exact) mass is 193 g/mol. The first-order valence-electron chi connectivity index (χ1n) is 5.37. The van der Waals surface area contributed by atoms with E-state index in [1.807, 2.05) is 11.7 Å². The van der Waals surface area contributed by atoms with Crippen molar-refractivity contribution >= 4 is 0 Å². The SMILES string of the molecule is Cc1nn(C)c2c1C(CCN)C(C)C2. The maximum Gasteiger partial charge on any atom is 0.0631 e. The average molecular weight is 193 g/mol. The molecular weight excluding hydrogens is 174 g/mol. The second kappa shape index (κ2) is 3.39. The van der Waals surface area contributed by atoms with Gasteiger partial charge < -0.3 is 5.73 Å². The lowest BCUT2D eigenvalue weighted by atomic mass is 9.90. The van der Waals surface area contributed by atoms with E-state index in [0.717, 1.165) is 25.3 Å². The number of hydrogen-bond acceptors (Lipinski definition) is 2. The zero-order chi connectivity index (χ0) is 10.3. The molecule has 0 spiro atoms. The zero-order valence-electron chi connectivity index (χ0n) is 9.25. The van der Waals surface area contributed by atoms with Gasteiger partial charge in [0.25, 0.3) is 0 Å². The molecule has 0 aliphatic heterocycles. The highest BCUT2D eigenvalue weighted by Gasteiger charge is 2.33. The molecule has 14 heavy (non-hydrogen) atoms. The van der Waals surface area contributed by atoms with Crippen LogP contribution in [0.25, 0.3) is 0 Å². The molecule has 0 saturated heterocycles. The summed E-state index contributed by atoms with van der Waals surface area (Å²) >= 11 is 0. The zero-order valence-corrected chi connectivity index (χ0v) is 9.25. The maximum atomic E-state index is 5.66.